The summed E-state index contributed by atoms with van der Waals surface area (Å²) in [4.78, 5) is 0.205. The number of aromatic amines is 1. The molecular weight excluding hydrogens is 216 g/mol. The van der Waals surface area contributed by atoms with Crippen molar-refractivity contribution >= 4 is 10.0 Å². The summed E-state index contributed by atoms with van der Waals surface area (Å²) in [5, 5.41) is 6.50. The van der Waals surface area contributed by atoms with Gasteiger partial charge in [0.05, 0.1) is 11.4 Å². The molecule has 0 radical (unpaired) electrons. The van der Waals surface area contributed by atoms with Crippen LogP contribution in [0.25, 0.3) is 0 Å². The van der Waals surface area contributed by atoms with Crippen LogP contribution in [0.1, 0.15) is 24.2 Å². The summed E-state index contributed by atoms with van der Waals surface area (Å²) in [5.74, 6) is 0. The minimum absolute atomic E-state index is 0.0925. The highest BCUT2D eigenvalue weighted by Gasteiger charge is 2.31. The first-order valence-corrected chi connectivity index (χ1v) is 6.29. The molecule has 1 heterocycles. The van der Waals surface area contributed by atoms with Crippen LogP contribution < -0.4 is 10.5 Å². The maximum Gasteiger partial charge on any atom is 0.244 e. The Labute approximate surface area is 88.3 Å². The van der Waals surface area contributed by atoms with Gasteiger partial charge in [0, 0.05) is 12.6 Å². The summed E-state index contributed by atoms with van der Waals surface area (Å²) in [6, 6.07) is 0.0925. The number of hydrogen-bond donors (Lipinski definition) is 3. The van der Waals surface area contributed by atoms with Crippen LogP contribution in [0.15, 0.2) is 4.90 Å². The van der Waals surface area contributed by atoms with Gasteiger partial charge in [-0.25, -0.2) is 13.1 Å². The van der Waals surface area contributed by atoms with Crippen molar-refractivity contribution in [1.82, 2.24) is 14.9 Å². The highest BCUT2D eigenvalue weighted by atomic mass is 32.2. The molecule has 1 aliphatic rings. The standard InChI is InChI=1S/C8H14N4O2S/c1-5-8(7(4-9)11-10-5)15(13,14)12-6-2-3-6/h6,12H,2-4,9H2,1H3,(H,10,11). The summed E-state index contributed by atoms with van der Waals surface area (Å²) < 4.78 is 26.4. The number of nitrogens with zero attached hydrogens (tertiary/aromatic N) is 1. The van der Waals surface area contributed by atoms with Crippen molar-refractivity contribution in [2.45, 2.75) is 37.2 Å². The van der Waals surface area contributed by atoms with Crippen molar-refractivity contribution < 1.29 is 8.42 Å². The molecule has 15 heavy (non-hydrogen) atoms. The normalized spacial score (nSPS) is 16.9. The van der Waals surface area contributed by atoms with Crippen molar-refractivity contribution in [3.05, 3.63) is 11.4 Å². The fourth-order valence-electron chi connectivity index (χ4n) is 1.44. The molecule has 7 heteroatoms. The fourth-order valence-corrected chi connectivity index (χ4v) is 3.12. The summed E-state index contributed by atoms with van der Waals surface area (Å²) in [5.41, 5.74) is 6.35. The van der Waals surface area contributed by atoms with Crippen LogP contribution in [0.4, 0.5) is 0 Å². The Hall–Kier alpha value is -0.920. The average Bonchev–Trinajstić information content (AvgIpc) is 2.85. The number of H-pyrrole nitrogens is 1. The third-order valence-electron chi connectivity index (χ3n) is 2.32. The maximum absolute atomic E-state index is 11.9. The van der Waals surface area contributed by atoms with E-state index in [1.54, 1.807) is 6.92 Å². The predicted molar refractivity (Wildman–Crippen MR) is 54.6 cm³/mol. The number of hydrogen-bond acceptors (Lipinski definition) is 4. The van der Waals surface area contributed by atoms with Crippen LogP contribution in [-0.4, -0.2) is 24.7 Å². The van der Waals surface area contributed by atoms with E-state index in [0.717, 1.165) is 12.8 Å². The smallest absolute Gasteiger partial charge is 0.244 e. The Morgan fingerprint density at radius 2 is 2.27 bits per heavy atom. The molecule has 1 saturated carbocycles. The molecule has 0 amide bonds. The van der Waals surface area contributed by atoms with Crippen molar-refractivity contribution in [1.29, 1.82) is 0 Å². The minimum Gasteiger partial charge on any atom is -0.325 e. The van der Waals surface area contributed by atoms with Crippen LogP contribution in [0, 0.1) is 6.92 Å². The van der Waals surface area contributed by atoms with Crippen molar-refractivity contribution in [2.24, 2.45) is 5.73 Å². The molecule has 4 N–H and O–H groups in total. The largest absolute Gasteiger partial charge is 0.325 e. The number of aryl methyl sites for hydroxylation is 1. The van der Waals surface area contributed by atoms with Gasteiger partial charge in [0.15, 0.2) is 0 Å². The number of sulfonamides is 1. The van der Waals surface area contributed by atoms with E-state index in [1.165, 1.54) is 0 Å². The number of aromatic nitrogens is 2. The van der Waals surface area contributed by atoms with Crippen LogP contribution in [0.5, 0.6) is 0 Å². The second-order valence-corrected chi connectivity index (χ2v) is 5.37. The average molecular weight is 230 g/mol. The lowest BCUT2D eigenvalue weighted by atomic mass is 10.4. The zero-order valence-corrected chi connectivity index (χ0v) is 9.26. The number of nitrogens with one attached hydrogen (secondary N) is 2. The number of nitrogens with two attached hydrogens (primary N) is 1. The van der Waals surface area contributed by atoms with Gasteiger partial charge >= 0.3 is 0 Å². The van der Waals surface area contributed by atoms with Gasteiger partial charge in [-0.2, -0.15) is 5.10 Å². The Morgan fingerprint density at radius 1 is 1.60 bits per heavy atom. The van der Waals surface area contributed by atoms with Crippen LogP contribution in [0.2, 0.25) is 0 Å². The fraction of sp³-hybridized carbons (Fsp3) is 0.625. The molecule has 1 aromatic rings. The molecule has 6 nitrogen and oxygen atoms in total. The predicted octanol–water partition coefficient (Wildman–Crippen LogP) is -0.382. The van der Waals surface area contributed by atoms with Gasteiger partial charge in [-0.15, -0.1) is 0 Å². The van der Waals surface area contributed by atoms with E-state index < -0.39 is 10.0 Å². The van der Waals surface area contributed by atoms with E-state index in [1.807, 2.05) is 0 Å². The monoisotopic (exact) mass is 230 g/mol. The molecule has 1 aromatic heterocycles. The van der Waals surface area contributed by atoms with Crippen LogP contribution in [0.3, 0.4) is 0 Å². The molecule has 0 atom stereocenters. The van der Waals surface area contributed by atoms with Gasteiger partial charge in [0.1, 0.15) is 4.90 Å². The van der Waals surface area contributed by atoms with Crippen LogP contribution in [-0.2, 0) is 16.6 Å². The van der Waals surface area contributed by atoms with Gasteiger partial charge in [-0.3, -0.25) is 5.10 Å². The second-order valence-electron chi connectivity index (χ2n) is 3.72. The molecule has 1 aliphatic carbocycles. The zero-order valence-electron chi connectivity index (χ0n) is 8.45. The van der Waals surface area contributed by atoms with Crippen molar-refractivity contribution in [3.8, 4) is 0 Å². The SMILES string of the molecule is Cc1[nH]nc(CN)c1S(=O)(=O)NC1CC1. The van der Waals surface area contributed by atoms with Crippen molar-refractivity contribution in [2.75, 3.05) is 0 Å². The van der Waals surface area contributed by atoms with Crippen molar-refractivity contribution in [3.63, 3.8) is 0 Å². The lowest BCUT2D eigenvalue weighted by Crippen LogP contribution is -2.27. The van der Waals surface area contributed by atoms with Gasteiger partial charge < -0.3 is 5.73 Å². The van der Waals surface area contributed by atoms with Gasteiger partial charge in [-0.1, -0.05) is 0 Å². The molecule has 1 fully saturated rings. The van der Waals surface area contributed by atoms with Gasteiger partial charge in [-0.05, 0) is 19.8 Å². The highest BCUT2D eigenvalue weighted by molar-refractivity contribution is 7.89. The van der Waals surface area contributed by atoms with Gasteiger partial charge in [0.25, 0.3) is 0 Å². The first-order chi connectivity index (χ1) is 7.04. The topological polar surface area (TPSA) is 101 Å². The van der Waals surface area contributed by atoms with E-state index in [0.29, 0.717) is 11.4 Å². The van der Waals surface area contributed by atoms with E-state index in [2.05, 4.69) is 14.9 Å². The quantitative estimate of drug-likeness (QED) is 0.656. The molecule has 0 spiro atoms. The Morgan fingerprint density at radius 3 is 2.80 bits per heavy atom. The van der Waals surface area contributed by atoms with Crippen LogP contribution >= 0.6 is 0 Å². The van der Waals surface area contributed by atoms with E-state index >= 15 is 0 Å². The van der Waals surface area contributed by atoms with E-state index in [9.17, 15) is 8.42 Å². The summed E-state index contributed by atoms with van der Waals surface area (Å²) in [6.07, 6.45) is 1.82. The Bertz CT molecular complexity index is 461. The van der Waals surface area contributed by atoms with Gasteiger partial charge in [0.2, 0.25) is 10.0 Å². The summed E-state index contributed by atoms with van der Waals surface area (Å²) in [7, 11) is -3.45. The first-order valence-electron chi connectivity index (χ1n) is 4.81. The molecular formula is C8H14N4O2S. The molecule has 0 aromatic carbocycles. The third kappa shape index (κ3) is 2.04. The molecule has 0 saturated heterocycles. The molecule has 2 rings (SSSR count). The van der Waals surface area contributed by atoms with E-state index in [4.69, 9.17) is 5.73 Å². The first kappa shape index (κ1) is 10.6. The highest BCUT2D eigenvalue weighted by Crippen LogP contribution is 2.24. The zero-order chi connectivity index (χ0) is 11.1. The molecule has 84 valence electrons. The molecule has 0 aliphatic heterocycles. The number of rotatable bonds is 4. The summed E-state index contributed by atoms with van der Waals surface area (Å²) in [6.45, 7) is 1.79. The Balaban J connectivity index is 2.37. The summed E-state index contributed by atoms with van der Waals surface area (Å²) >= 11 is 0. The lowest BCUT2D eigenvalue weighted by Gasteiger charge is -2.05. The Kier molecular flexibility index (Phi) is 2.53. The maximum atomic E-state index is 11.9. The molecule has 0 unspecified atom stereocenters. The minimum atomic E-state index is -3.45. The third-order valence-corrected chi connectivity index (χ3v) is 4.05. The molecule has 0 bridgehead atoms. The van der Waals surface area contributed by atoms with E-state index in [-0.39, 0.29) is 17.5 Å². The second kappa shape index (κ2) is 3.58. The lowest BCUT2D eigenvalue weighted by molar-refractivity contribution is 0.579.